The van der Waals surface area contributed by atoms with Crippen molar-refractivity contribution >= 4 is 16.7 Å². The van der Waals surface area contributed by atoms with Gasteiger partial charge in [-0.05, 0) is 46.9 Å². The standard InChI is InChI=1S/C34H29N3/c1-25-18-20-26(21-19-25)27-22-23-32-31(24-27)33(35-2)36-37(32)34(28-12-6-3-7-13-28,29-14-8-4-9-15-29)30-16-10-5-11-17-30/h3-24H,1-2H3,(H,35,36). The van der Waals surface area contributed by atoms with Crippen molar-refractivity contribution in [2.45, 2.75) is 12.5 Å². The summed E-state index contributed by atoms with van der Waals surface area (Å²) in [6.45, 7) is 2.12. The number of fused-ring (bicyclic) bond motifs is 1. The Labute approximate surface area is 218 Å². The van der Waals surface area contributed by atoms with Crippen LogP contribution in [0.2, 0.25) is 0 Å². The summed E-state index contributed by atoms with van der Waals surface area (Å²) in [5.41, 5.74) is 7.49. The topological polar surface area (TPSA) is 29.9 Å². The average molecular weight is 480 g/mol. The number of nitrogens with one attached hydrogen (secondary N) is 1. The Bertz CT molecular complexity index is 1540. The molecule has 0 fully saturated rings. The zero-order chi connectivity index (χ0) is 25.2. The van der Waals surface area contributed by atoms with E-state index >= 15 is 0 Å². The maximum Gasteiger partial charge on any atom is 0.155 e. The van der Waals surface area contributed by atoms with E-state index in [2.05, 4.69) is 150 Å². The number of nitrogens with zero attached hydrogens (tertiary/aromatic N) is 2. The van der Waals surface area contributed by atoms with Gasteiger partial charge in [-0.15, -0.1) is 0 Å². The fourth-order valence-corrected chi connectivity index (χ4v) is 5.39. The molecule has 1 heterocycles. The molecule has 3 nitrogen and oxygen atoms in total. The second-order valence-corrected chi connectivity index (χ2v) is 9.42. The van der Waals surface area contributed by atoms with Crippen LogP contribution in [-0.4, -0.2) is 16.8 Å². The number of aryl methyl sites for hydroxylation is 1. The van der Waals surface area contributed by atoms with E-state index in [0.29, 0.717) is 0 Å². The van der Waals surface area contributed by atoms with Gasteiger partial charge in [-0.3, -0.25) is 0 Å². The summed E-state index contributed by atoms with van der Waals surface area (Å²) in [6.07, 6.45) is 0. The Balaban J connectivity index is 1.70. The van der Waals surface area contributed by atoms with Crippen LogP contribution in [-0.2, 0) is 5.54 Å². The van der Waals surface area contributed by atoms with E-state index in [4.69, 9.17) is 5.10 Å². The molecule has 180 valence electrons. The van der Waals surface area contributed by atoms with E-state index in [0.717, 1.165) is 33.4 Å². The van der Waals surface area contributed by atoms with E-state index in [1.807, 2.05) is 7.05 Å². The first-order chi connectivity index (χ1) is 18.2. The third kappa shape index (κ3) is 3.80. The third-order valence-corrected chi connectivity index (χ3v) is 7.19. The van der Waals surface area contributed by atoms with Crippen molar-refractivity contribution in [3.05, 3.63) is 156 Å². The van der Waals surface area contributed by atoms with E-state index in [9.17, 15) is 0 Å². The van der Waals surface area contributed by atoms with Gasteiger partial charge < -0.3 is 5.32 Å². The molecule has 6 aromatic rings. The molecular weight excluding hydrogens is 450 g/mol. The largest absolute Gasteiger partial charge is 0.371 e. The second kappa shape index (κ2) is 9.44. The number of hydrogen-bond donors (Lipinski definition) is 1. The summed E-state index contributed by atoms with van der Waals surface area (Å²) >= 11 is 0. The zero-order valence-corrected chi connectivity index (χ0v) is 21.1. The molecule has 0 aliphatic heterocycles. The SMILES string of the molecule is CNc1nn(C(c2ccccc2)(c2ccccc2)c2ccccc2)c2ccc(-c3ccc(C)cc3)cc12. The van der Waals surface area contributed by atoms with Crippen LogP contribution in [0.25, 0.3) is 22.0 Å². The fraction of sp³-hybridized carbons (Fsp3) is 0.0882. The highest BCUT2D eigenvalue weighted by atomic mass is 15.4. The minimum Gasteiger partial charge on any atom is -0.371 e. The molecule has 3 heteroatoms. The number of anilines is 1. The van der Waals surface area contributed by atoms with E-state index in [-0.39, 0.29) is 0 Å². The first kappa shape index (κ1) is 22.8. The number of hydrogen-bond acceptors (Lipinski definition) is 2. The minimum atomic E-state index is -0.664. The highest BCUT2D eigenvalue weighted by molar-refractivity contribution is 5.94. The highest BCUT2D eigenvalue weighted by Crippen LogP contribution is 2.43. The molecule has 1 N–H and O–H groups in total. The smallest absolute Gasteiger partial charge is 0.155 e. The normalized spacial score (nSPS) is 11.5. The summed E-state index contributed by atoms with van der Waals surface area (Å²) in [6, 6.07) is 47.4. The van der Waals surface area contributed by atoms with Crippen LogP contribution in [0.3, 0.4) is 0 Å². The van der Waals surface area contributed by atoms with Crippen molar-refractivity contribution in [3.8, 4) is 11.1 Å². The first-order valence-corrected chi connectivity index (χ1v) is 12.7. The molecule has 0 saturated carbocycles. The predicted octanol–water partition coefficient (Wildman–Crippen LogP) is 7.89. The van der Waals surface area contributed by atoms with Crippen molar-refractivity contribution in [1.82, 2.24) is 9.78 Å². The quantitative estimate of drug-likeness (QED) is 0.246. The second-order valence-electron chi connectivity index (χ2n) is 9.42. The fourth-order valence-electron chi connectivity index (χ4n) is 5.39. The maximum atomic E-state index is 5.26. The summed E-state index contributed by atoms with van der Waals surface area (Å²) in [7, 11) is 1.94. The highest BCUT2D eigenvalue weighted by Gasteiger charge is 2.40. The molecule has 1 aromatic heterocycles. The van der Waals surface area contributed by atoms with E-state index in [1.54, 1.807) is 0 Å². The molecule has 0 atom stereocenters. The molecule has 37 heavy (non-hydrogen) atoms. The lowest BCUT2D eigenvalue weighted by molar-refractivity contribution is 0.477. The van der Waals surface area contributed by atoms with Gasteiger partial charge >= 0.3 is 0 Å². The molecular formula is C34H29N3. The molecule has 0 aliphatic carbocycles. The Morgan fingerprint density at radius 3 is 1.57 bits per heavy atom. The lowest BCUT2D eigenvalue weighted by Crippen LogP contribution is -2.38. The van der Waals surface area contributed by atoms with Gasteiger partial charge in [0.1, 0.15) is 5.54 Å². The van der Waals surface area contributed by atoms with Gasteiger partial charge in [-0.2, -0.15) is 5.10 Å². The molecule has 6 rings (SSSR count). The van der Waals surface area contributed by atoms with E-state index in [1.165, 1.54) is 16.7 Å². The molecule has 0 unspecified atom stereocenters. The maximum absolute atomic E-state index is 5.26. The van der Waals surface area contributed by atoms with Crippen LogP contribution in [0.5, 0.6) is 0 Å². The molecule has 5 aromatic carbocycles. The lowest BCUT2D eigenvalue weighted by atomic mass is 9.77. The molecule has 0 radical (unpaired) electrons. The molecule has 0 saturated heterocycles. The van der Waals surface area contributed by atoms with Crippen LogP contribution >= 0.6 is 0 Å². The van der Waals surface area contributed by atoms with E-state index < -0.39 is 5.54 Å². The number of aromatic nitrogens is 2. The monoisotopic (exact) mass is 479 g/mol. The Morgan fingerprint density at radius 1 is 0.595 bits per heavy atom. The Kier molecular flexibility index (Phi) is 5.82. The molecule has 0 spiro atoms. The van der Waals surface area contributed by atoms with Crippen molar-refractivity contribution in [2.24, 2.45) is 0 Å². The van der Waals surface area contributed by atoms with Crippen molar-refractivity contribution in [1.29, 1.82) is 0 Å². The van der Waals surface area contributed by atoms with Gasteiger partial charge in [0, 0.05) is 12.4 Å². The van der Waals surface area contributed by atoms with Crippen molar-refractivity contribution in [3.63, 3.8) is 0 Å². The van der Waals surface area contributed by atoms with Crippen molar-refractivity contribution < 1.29 is 0 Å². The molecule has 0 aliphatic rings. The summed E-state index contributed by atoms with van der Waals surface area (Å²) in [4.78, 5) is 0. The Hall–Kier alpha value is -4.63. The first-order valence-electron chi connectivity index (χ1n) is 12.7. The third-order valence-electron chi connectivity index (χ3n) is 7.19. The lowest BCUT2D eigenvalue weighted by Gasteiger charge is -2.37. The minimum absolute atomic E-state index is 0.664. The van der Waals surface area contributed by atoms with Gasteiger partial charge in [0.2, 0.25) is 0 Å². The average Bonchev–Trinajstić information content (AvgIpc) is 3.34. The number of benzene rings is 5. The Morgan fingerprint density at radius 2 is 1.08 bits per heavy atom. The summed E-state index contributed by atoms with van der Waals surface area (Å²) < 4.78 is 2.20. The molecule has 0 bridgehead atoms. The van der Waals surface area contributed by atoms with Crippen LogP contribution in [0.15, 0.2) is 133 Å². The van der Waals surface area contributed by atoms with Crippen molar-refractivity contribution in [2.75, 3.05) is 12.4 Å². The summed E-state index contributed by atoms with van der Waals surface area (Å²) in [5.74, 6) is 0.858. The van der Waals surface area contributed by atoms with Crippen LogP contribution < -0.4 is 5.32 Å². The summed E-state index contributed by atoms with van der Waals surface area (Å²) in [5, 5.41) is 9.73. The van der Waals surface area contributed by atoms with Gasteiger partial charge in [0.05, 0.1) is 5.52 Å². The zero-order valence-electron chi connectivity index (χ0n) is 21.1. The van der Waals surface area contributed by atoms with Gasteiger partial charge in [-0.25, -0.2) is 4.68 Å². The van der Waals surface area contributed by atoms with Gasteiger partial charge in [0.25, 0.3) is 0 Å². The predicted molar refractivity (Wildman–Crippen MR) is 154 cm³/mol. The number of rotatable bonds is 6. The van der Waals surface area contributed by atoms with Gasteiger partial charge in [-0.1, -0.05) is 127 Å². The van der Waals surface area contributed by atoms with Crippen LogP contribution in [0.4, 0.5) is 5.82 Å². The van der Waals surface area contributed by atoms with Gasteiger partial charge in [0.15, 0.2) is 5.82 Å². The van der Waals surface area contributed by atoms with Crippen LogP contribution in [0, 0.1) is 6.92 Å². The van der Waals surface area contributed by atoms with Crippen LogP contribution in [0.1, 0.15) is 22.3 Å². The molecule has 0 amide bonds.